The third-order valence-electron chi connectivity index (χ3n) is 10.3. The molecule has 0 bridgehead atoms. The van der Waals surface area contributed by atoms with E-state index in [4.69, 9.17) is 50.1 Å². The Morgan fingerprint density at radius 1 is 0.732 bits per heavy atom. The molecule has 2 aromatic carbocycles. The van der Waals surface area contributed by atoms with Crippen LogP contribution in [0.25, 0.3) is 0 Å². The van der Waals surface area contributed by atoms with Crippen molar-refractivity contribution in [2.45, 2.75) is 90.5 Å². The molecular weight excluding hydrogens is 761 g/mol. The van der Waals surface area contributed by atoms with E-state index >= 15 is 0 Å². The molecule has 2 aliphatic rings. The Morgan fingerprint density at radius 3 is 1.59 bits per heavy atom. The summed E-state index contributed by atoms with van der Waals surface area (Å²) in [5.74, 6) is -4.99. The molecule has 0 aliphatic carbocycles. The summed E-state index contributed by atoms with van der Waals surface area (Å²) in [6.45, 7) is 13.4. The van der Waals surface area contributed by atoms with E-state index in [0.717, 1.165) is 17.3 Å². The van der Waals surface area contributed by atoms with E-state index in [2.05, 4.69) is 0 Å². The summed E-state index contributed by atoms with van der Waals surface area (Å²) in [5.41, 5.74) is -2.01. The van der Waals surface area contributed by atoms with Crippen LogP contribution in [0.4, 0.5) is 0 Å². The summed E-state index contributed by atoms with van der Waals surface area (Å²) < 4.78 is 45.4. The van der Waals surface area contributed by atoms with Gasteiger partial charge in [0.25, 0.3) is 0 Å². The van der Waals surface area contributed by atoms with Crippen molar-refractivity contribution in [3.05, 3.63) is 71.8 Å². The SMILES string of the molecule is CCC(COC(=O)C(CC(C)(SC(=S)c1ccccc1)C(=O)OC)c1ccccc1)(COC(=O)C1(C)COC(C)(C)OC1)COC(=O)C1(C)COC(C)(C)OC1. The normalized spacial score (nSPS) is 20.0. The topological polar surface area (TPSA) is 142 Å². The van der Waals surface area contributed by atoms with Gasteiger partial charge in [-0.25, -0.2) is 0 Å². The fraction of sp³-hybridized carbons (Fsp3) is 0.595. The predicted octanol–water partition coefficient (Wildman–Crippen LogP) is 6.81. The van der Waals surface area contributed by atoms with Gasteiger partial charge < -0.3 is 37.9 Å². The molecule has 308 valence electrons. The van der Waals surface area contributed by atoms with Crippen LogP contribution >= 0.6 is 24.0 Å². The zero-order chi connectivity index (χ0) is 41.4. The predicted molar refractivity (Wildman–Crippen MR) is 214 cm³/mol. The summed E-state index contributed by atoms with van der Waals surface area (Å²) in [5, 5.41) is 0. The maximum atomic E-state index is 14.3. The second-order valence-corrected chi connectivity index (χ2v) is 18.5. The lowest BCUT2D eigenvalue weighted by atomic mass is 9.86. The second kappa shape index (κ2) is 18.5. The Bertz CT molecular complexity index is 1630. The lowest BCUT2D eigenvalue weighted by Gasteiger charge is -2.41. The van der Waals surface area contributed by atoms with Crippen LogP contribution in [0.3, 0.4) is 0 Å². The van der Waals surface area contributed by atoms with Crippen molar-refractivity contribution >= 4 is 52.1 Å². The Kier molecular flexibility index (Phi) is 14.9. The second-order valence-electron chi connectivity index (χ2n) is 16.3. The molecule has 0 radical (unpaired) electrons. The van der Waals surface area contributed by atoms with Crippen LogP contribution in [0.1, 0.15) is 85.3 Å². The Hall–Kier alpha value is -3.40. The molecule has 2 heterocycles. The van der Waals surface area contributed by atoms with Crippen LogP contribution in [0, 0.1) is 16.2 Å². The molecule has 2 unspecified atom stereocenters. The van der Waals surface area contributed by atoms with Gasteiger partial charge in [0.15, 0.2) is 11.6 Å². The van der Waals surface area contributed by atoms with Crippen LogP contribution in [-0.4, -0.2) is 97.8 Å². The summed E-state index contributed by atoms with van der Waals surface area (Å²) in [4.78, 5) is 54.9. The van der Waals surface area contributed by atoms with Crippen LogP contribution in [0.5, 0.6) is 0 Å². The zero-order valence-electron chi connectivity index (χ0n) is 33.9. The monoisotopic (exact) mass is 816 g/mol. The van der Waals surface area contributed by atoms with Crippen LogP contribution < -0.4 is 0 Å². The molecule has 0 amide bonds. The summed E-state index contributed by atoms with van der Waals surface area (Å²) in [6, 6.07) is 18.3. The van der Waals surface area contributed by atoms with Gasteiger partial charge in [-0.1, -0.05) is 91.6 Å². The van der Waals surface area contributed by atoms with Crippen molar-refractivity contribution in [1.29, 1.82) is 0 Å². The van der Waals surface area contributed by atoms with Crippen molar-refractivity contribution in [3.63, 3.8) is 0 Å². The van der Waals surface area contributed by atoms with E-state index in [0.29, 0.717) is 9.76 Å². The van der Waals surface area contributed by atoms with Crippen LogP contribution in [0.15, 0.2) is 60.7 Å². The van der Waals surface area contributed by atoms with Crippen molar-refractivity contribution in [2.24, 2.45) is 16.2 Å². The molecule has 56 heavy (non-hydrogen) atoms. The first-order valence-electron chi connectivity index (χ1n) is 18.7. The largest absolute Gasteiger partial charge is 0.468 e. The van der Waals surface area contributed by atoms with Gasteiger partial charge in [-0.15, -0.1) is 0 Å². The Labute approximate surface area is 339 Å². The molecule has 14 heteroatoms. The highest BCUT2D eigenvalue weighted by atomic mass is 32.2. The minimum atomic E-state index is -1.30. The highest BCUT2D eigenvalue weighted by Crippen LogP contribution is 2.41. The van der Waals surface area contributed by atoms with E-state index < -0.39 is 62.4 Å². The molecule has 2 fully saturated rings. The molecule has 12 nitrogen and oxygen atoms in total. The van der Waals surface area contributed by atoms with Crippen molar-refractivity contribution in [1.82, 2.24) is 0 Å². The van der Waals surface area contributed by atoms with Gasteiger partial charge in [0.05, 0.1) is 49.1 Å². The number of thiocarbonyl (C=S) groups is 1. The highest BCUT2D eigenvalue weighted by Gasteiger charge is 2.48. The van der Waals surface area contributed by atoms with Gasteiger partial charge in [0, 0.05) is 0 Å². The van der Waals surface area contributed by atoms with Gasteiger partial charge >= 0.3 is 23.9 Å². The van der Waals surface area contributed by atoms with Gasteiger partial charge in [-0.3, -0.25) is 19.2 Å². The molecule has 2 atom stereocenters. The molecule has 0 spiro atoms. The standard InChI is InChI=1S/C42H56O12S2/c1-10-42(27-49-34(44)39(6)22-51-37(2,3)52-23-39,28-50-35(45)40(7)24-53-38(4,5)54-25-40)26-48-32(43)31(29-17-13-11-14-18-29)21-41(8,36(46)47-9)56-33(55)30-19-15-12-16-20-30/h11-20,31H,10,21-28H2,1-9H3. The van der Waals surface area contributed by atoms with Gasteiger partial charge in [0.2, 0.25) is 0 Å². The minimum Gasteiger partial charge on any atom is -0.468 e. The smallest absolute Gasteiger partial charge is 0.322 e. The van der Waals surface area contributed by atoms with Crippen molar-refractivity contribution in [2.75, 3.05) is 53.4 Å². The number of carbonyl (C=O) groups excluding carboxylic acids is 4. The first-order chi connectivity index (χ1) is 26.2. The van der Waals surface area contributed by atoms with E-state index in [-0.39, 0.29) is 59.1 Å². The number of hydrogen-bond donors (Lipinski definition) is 0. The molecule has 0 aromatic heterocycles. The van der Waals surface area contributed by atoms with E-state index in [9.17, 15) is 19.2 Å². The zero-order valence-corrected chi connectivity index (χ0v) is 35.6. The fourth-order valence-electron chi connectivity index (χ4n) is 5.91. The van der Waals surface area contributed by atoms with E-state index in [1.54, 1.807) is 72.7 Å². The molecule has 2 aromatic rings. The summed E-state index contributed by atoms with van der Waals surface area (Å²) in [7, 11) is 1.29. The van der Waals surface area contributed by atoms with Crippen LogP contribution in [0.2, 0.25) is 0 Å². The first-order valence-corrected chi connectivity index (χ1v) is 19.9. The van der Waals surface area contributed by atoms with Crippen molar-refractivity contribution in [3.8, 4) is 0 Å². The Balaban J connectivity index is 1.59. The van der Waals surface area contributed by atoms with Crippen molar-refractivity contribution < 1.29 is 57.1 Å². The van der Waals surface area contributed by atoms with E-state index in [1.165, 1.54) is 7.11 Å². The molecule has 0 N–H and O–H groups in total. The van der Waals surface area contributed by atoms with Gasteiger partial charge in [0.1, 0.15) is 35.4 Å². The highest BCUT2D eigenvalue weighted by molar-refractivity contribution is 8.25. The first kappa shape index (κ1) is 45.3. The summed E-state index contributed by atoms with van der Waals surface area (Å²) >= 11 is 6.89. The van der Waals surface area contributed by atoms with Crippen LogP contribution in [-0.2, 0) is 57.1 Å². The maximum Gasteiger partial charge on any atom is 0.322 e. The number of carbonyl (C=O) groups is 4. The number of rotatable bonds is 16. The number of hydrogen-bond acceptors (Lipinski definition) is 14. The third kappa shape index (κ3) is 11.6. The number of methoxy groups -OCH3 is 1. The molecule has 4 rings (SSSR count). The minimum absolute atomic E-state index is 0.0212. The maximum absolute atomic E-state index is 14.3. The average molecular weight is 817 g/mol. The molecule has 2 aliphatic heterocycles. The molecule has 0 saturated carbocycles. The molecule has 2 saturated heterocycles. The van der Waals surface area contributed by atoms with Gasteiger partial charge in [-0.05, 0) is 72.4 Å². The fourth-order valence-corrected chi connectivity index (χ4v) is 7.68. The third-order valence-corrected chi connectivity index (χ3v) is 11.9. The van der Waals surface area contributed by atoms with Gasteiger partial charge in [-0.2, -0.15) is 0 Å². The number of thioether (sulfide) groups is 1. The van der Waals surface area contributed by atoms with E-state index in [1.807, 2.05) is 43.3 Å². The molecular formula is C42H56O12S2. The number of ether oxygens (including phenoxy) is 8. The average Bonchev–Trinajstić information content (AvgIpc) is 3.19. The number of esters is 4. The quantitative estimate of drug-likeness (QED) is 0.0995. The lowest BCUT2D eigenvalue weighted by Crippen LogP contribution is -2.51. The summed E-state index contributed by atoms with van der Waals surface area (Å²) in [6.07, 6.45) is 0.262. The number of benzene rings is 2. The Morgan fingerprint density at radius 2 is 1.16 bits per heavy atom. The lowest BCUT2D eigenvalue weighted by molar-refractivity contribution is -0.282.